The third-order valence-corrected chi connectivity index (χ3v) is 3.97. The molecule has 0 spiro atoms. The Morgan fingerprint density at radius 2 is 2.06 bits per heavy atom. The van der Waals surface area contributed by atoms with Crippen molar-refractivity contribution in [3.05, 3.63) is 0 Å². The molecule has 2 atom stereocenters. The van der Waals surface area contributed by atoms with Crippen LogP contribution in [-0.4, -0.2) is 61.7 Å². The van der Waals surface area contributed by atoms with Gasteiger partial charge in [0, 0.05) is 26.3 Å². The molecule has 0 aliphatic carbocycles. The lowest BCUT2D eigenvalue weighted by Crippen LogP contribution is -2.48. The molecule has 4 nitrogen and oxygen atoms in total. The Morgan fingerprint density at radius 3 is 2.76 bits per heavy atom. The summed E-state index contributed by atoms with van der Waals surface area (Å²) in [7, 11) is 0. The van der Waals surface area contributed by atoms with E-state index >= 15 is 0 Å². The van der Waals surface area contributed by atoms with E-state index in [4.69, 9.17) is 9.47 Å². The minimum absolute atomic E-state index is 0.00606. The highest BCUT2D eigenvalue weighted by atomic mass is 16.5. The SMILES string of the molecule is CCN1CCOC(C(O)CC2CCOCC2)C1. The predicted molar refractivity (Wildman–Crippen MR) is 66.0 cm³/mol. The third kappa shape index (κ3) is 3.91. The summed E-state index contributed by atoms with van der Waals surface area (Å²) in [5.74, 6) is 0.611. The van der Waals surface area contributed by atoms with Crippen molar-refractivity contribution >= 4 is 0 Å². The zero-order valence-corrected chi connectivity index (χ0v) is 10.8. The van der Waals surface area contributed by atoms with Gasteiger partial charge in [-0.3, -0.25) is 4.90 Å². The van der Waals surface area contributed by atoms with Crippen LogP contribution in [0, 0.1) is 5.92 Å². The predicted octanol–water partition coefficient (Wildman–Crippen LogP) is 0.885. The van der Waals surface area contributed by atoms with E-state index < -0.39 is 0 Å². The second-order valence-corrected chi connectivity index (χ2v) is 5.16. The highest BCUT2D eigenvalue weighted by molar-refractivity contribution is 4.80. The summed E-state index contributed by atoms with van der Waals surface area (Å²) in [4.78, 5) is 2.35. The van der Waals surface area contributed by atoms with E-state index in [1.165, 1.54) is 0 Å². The number of rotatable bonds is 4. The van der Waals surface area contributed by atoms with Crippen LogP contribution in [0.25, 0.3) is 0 Å². The van der Waals surface area contributed by atoms with Crippen LogP contribution in [-0.2, 0) is 9.47 Å². The second-order valence-electron chi connectivity index (χ2n) is 5.16. The van der Waals surface area contributed by atoms with E-state index in [1.54, 1.807) is 0 Å². The summed E-state index contributed by atoms with van der Waals surface area (Å²) < 4.78 is 11.0. The van der Waals surface area contributed by atoms with Crippen LogP contribution in [0.3, 0.4) is 0 Å². The Hall–Kier alpha value is -0.160. The van der Waals surface area contributed by atoms with Crippen LogP contribution in [0.4, 0.5) is 0 Å². The number of aliphatic hydroxyl groups excluding tert-OH is 1. The van der Waals surface area contributed by atoms with Gasteiger partial charge in [-0.25, -0.2) is 0 Å². The molecule has 2 saturated heterocycles. The Morgan fingerprint density at radius 1 is 1.29 bits per heavy atom. The maximum Gasteiger partial charge on any atom is 0.0961 e. The zero-order chi connectivity index (χ0) is 12.1. The van der Waals surface area contributed by atoms with E-state index in [2.05, 4.69) is 11.8 Å². The molecule has 2 aliphatic rings. The quantitative estimate of drug-likeness (QED) is 0.796. The van der Waals surface area contributed by atoms with Crippen molar-refractivity contribution < 1.29 is 14.6 Å². The maximum atomic E-state index is 10.2. The average Bonchev–Trinajstić information content (AvgIpc) is 2.40. The Kier molecular flexibility index (Phi) is 5.22. The van der Waals surface area contributed by atoms with Crippen molar-refractivity contribution in [3.8, 4) is 0 Å². The Balaban J connectivity index is 1.75. The van der Waals surface area contributed by atoms with E-state index in [-0.39, 0.29) is 12.2 Å². The van der Waals surface area contributed by atoms with Gasteiger partial charge in [0.05, 0.1) is 18.8 Å². The van der Waals surface area contributed by atoms with Gasteiger partial charge in [-0.1, -0.05) is 6.92 Å². The first-order chi connectivity index (χ1) is 8.29. The highest BCUT2D eigenvalue weighted by Crippen LogP contribution is 2.23. The first-order valence-corrected chi connectivity index (χ1v) is 6.89. The highest BCUT2D eigenvalue weighted by Gasteiger charge is 2.28. The van der Waals surface area contributed by atoms with Crippen molar-refractivity contribution in [1.82, 2.24) is 4.90 Å². The van der Waals surface area contributed by atoms with Gasteiger partial charge >= 0.3 is 0 Å². The molecule has 0 radical (unpaired) electrons. The number of ether oxygens (including phenoxy) is 2. The largest absolute Gasteiger partial charge is 0.390 e. The lowest BCUT2D eigenvalue weighted by molar-refractivity contribution is -0.0964. The Labute approximate surface area is 104 Å². The van der Waals surface area contributed by atoms with Crippen LogP contribution < -0.4 is 0 Å². The van der Waals surface area contributed by atoms with Gasteiger partial charge in [-0.05, 0) is 31.7 Å². The number of nitrogens with zero attached hydrogens (tertiary/aromatic N) is 1. The molecule has 2 unspecified atom stereocenters. The van der Waals surface area contributed by atoms with Gasteiger partial charge in [0.1, 0.15) is 0 Å². The van der Waals surface area contributed by atoms with Gasteiger partial charge < -0.3 is 14.6 Å². The smallest absolute Gasteiger partial charge is 0.0961 e. The lowest BCUT2D eigenvalue weighted by atomic mass is 9.91. The van der Waals surface area contributed by atoms with Crippen LogP contribution in [0.2, 0.25) is 0 Å². The summed E-state index contributed by atoms with van der Waals surface area (Å²) >= 11 is 0. The maximum absolute atomic E-state index is 10.2. The van der Waals surface area contributed by atoms with Crippen molar-refractivity contribution in [3.63, 3.8) is 0 Å². The molecule has 2 aliphatic heterocycles. The summed E-state index contributed by atoms with van der Waals surface area (Å²) in [5.41, 5.74) is 0. The summed E-state index contributed by atoms with van der Waals surface area (Å²) in [6.45, 7) is 7.53. The number of likely N-dealkylation sites (N-methyl/N-ethyl adjacent to an activating group) is 1. The monoisotopic (exact) mass is 243 g/mol. The van der Waals surface area contributed by atoms with Gasteiger partial charge in [0.2, 0.25) is 0 Å². The normalized spacial score (nSPS) is 30.4. The number of hydrogen-bond acceptors (Lipinski definition) is 4. The molecule has 0 aromatic heterocycles. The fourth-order valence-corrected chi connectivity index (χ4v) is 2.73. The first kappa shape index (κ1) is 13.3. The van der Waals surface area contributed by atoms with Crippen LogP contribution >= 0.6 is 0 Å². The molecule has 1 N–H and O–H groups in total. The zero-order valence-electron chi connectivity index (χ0n) is 10.8. The number of hydrogen-bond donors (Lipinski definition) is 1. The van der Waals surface area contributed by atoms with Crippen molar-refractivity contribution in [2.75, 3.05) is 39.5 Å². The topological polar surface area (TPSA) is 41.9 Å². The van der Waals surface area contributed by atoms with E-state index in [0.29, 0.717) is 5.92 Å². The molecule has 2 fully saturated rings. The molecule has 0 aromatic carbocycles. The second kappa shape index (κ2) is 6.69. The summed E-state index contributed by atoms with van der Waals surface area (Å²) in [6.07, 6.45) is 2.73. The Bertz CT molecular complexity index is 219. The number of aliphatic hydroxyl groups is 1. The lowest BCUT2D eigenvalue weighted by Gasteiger charge is -2.36. The average molecular weight is 243 g/mol. The van der Waals surface area contributed by atoms with E-state index in [0.717, 1.165) is 58.7 Å². The molecule has 0 bridgehead atoms. The standard InChI is InChI=1S/C13H25NO3/c1-2-14-5-8-17-13(10-14)12(15)9-11-3-6-16-7-4-11/h11-13,15H,2-10H2,1H3. The molecule has 0 amide bonds. The van der Waals surface area contributed by atoms with Crippen LogP contribution in [0.5, 0.6) is 0 Å². The van der Waals surface area contributed by atoms with Gasteiger partial charge in [-0.2, -0.15) is 0 Å². The van der Waals surface area contributed by atoms with Gasteiger partial charge in [-0.15, -0.1) is 0 Å². The minimum atomic E-state index is -0.313. The van der Waals surface area contributed by atoms with E-state index in [9.17, 15) is 5.11 Å². The third-order valence-electron chi connectivity index (χ3n) is 3.97. The van der Waals surface area contributed by atoms with E-state index in [1.807, 2.05) is 0 Å². The van der Waals surface area contributed by atoms with Crippen molar-refractivity contribution in [2.24, 2.45) is 5.92 Å². The minimum Gasteiger partial charge on any atom is -0.390 e. The summed E-state index contributed by atoms with van der Waals surface area (Å²) in [6, 6.07) is 0. The van der Waals surface area contributed by atoms with Gasteiger partial charge in [0.25, 0.3) is 0 Å². The van der Waals surface area contributed by atoms with Gasteiger partial charge in [0.15, 0.2) is 0 Å². The summed E-state index contributed by atoms with van der Waals surface area (Å²) in [5, 5.41) is 10.2. The molecule has 100 valence electrons. The van der Waals surface area contributed by atoms with Crippen LogP contribution in [0.1, 0.15) is 26.2 Å². The molecule has 0 saturated carbocycles. The van der Waals surface area contributed by atoms with Crippen molar-refractivity contribution in [1.29, 1.82) is 0 Å². The first-order valence-electron chi connectivity index (χ1n) is 6.89. The molecule has 2 heterocycles. The molecule has 2 rings (SSSR count). The van der Waals surface area contributed by atoms with Crippen molar-refractivity contribution in [2.45, 2.75) is 38.4 Å². The van der Waals surface area contributed by atoms with Crippen LogP contribution in [0.15, 0.2) is 0 Å². The molecular weight excluding hydrogens is 218 g/mol. The molecule has 17 heavy (non-hydrogen) atoms. The molecule has 0 aromatic rings. The molecular formula is C13H25NO3. The fraction of sp³-hybridized carbons (Fsp3) is 1.00. The fourth-order valence-electron chi connectivity index (χ4n) is 2.73. The number of morpholine rings is 1. The molecule has 4 heteroatoms.